The smallest absolute Gasteiger partial charge is 0.405 e. The molecular formula is C12H22N2O3. The zero-order valence-corrected chi connectivity index (χ0v) is 10.8. The van der Waals surface area contributed by atoms with E-state index in [1.165, 1.54) is 12.8 Å². The third-order valence-electron chi connectivity index (χ3n) is 3.05. The van der Waals surface area contributed by atoms with Crippen LogP contribution in [0, 0.1) is 11.8 Å². The second kappa shape index (κ2) is 5.38. The van der Waals surface area contributed by atoms with E-state index in [0.29, 0.717) is 12.3 Å². The number of primary amides is 1. The van der Waals surface area contributed by atoms with Crippen molar-refractivity contribution in [1.82, 2.24) is 5.32 Å². The van der Waals surface area contributed by atoms with E-state index in [4.69, 9.17) is 10.5 Å². The largest absolute Gasteiger partial charge is 0.444 e. The molecule has 1 atom stereocenters. The Morgan fingerprint density at radius 3 is 2.47 bits per heavy atom. The summed E-state index contributed by atoms with van der Waals surface area (Å²) in [5, 5.41) is 2.66. The van der Waals surface area contributed by atoms with Crippen LogP contribution < -0.4 is 11.1 Å². The van der Waals surface area contributed by atoms with Crippen LogP contribution in [0.1, 0.15) is 39.5 Å². The lowest BCUT2D eigenvalue weighted by Crippen LogP contribution is -2.38. The summed E-state index contributed by atoms with van der Waals surface area (Å²) in [5.41, 5.74) is 4.32. The molecule has 0 spiro atoms. The summed E-state index contributed by atoms with van der Waals surface area (Å²) in [6.45, 7) is 3.56. The molecule has 1 fully saturated rings. The predicted molar refractivity (Wildman–Crippen MR) is 64.3 cm³/mol. The normalized spacial score (nSPS) is 17.4. The zero-order chi connectivity index (χ0) is 13.1. The first-order chi connectivity index (χ1) is 7.84. The summed E-state index contributed by atoms with van der Waals surface area (Å²) >= 11 is 0. The molecule has 98 valence electrons. The van der Waals surface area contributed by atoms with Crippen LogP contribution in [-0.2, 0) is 9.53 Å². The second-order valence-electron chi connectivity index (χ2n) is 5.38. The molecule has 2 amide bonds. The average molecular weight is 242 g/mol. The van der Waals surface area contributed by atoms with Crippen LogP contribution >= 0.6 is 0 Å². The number of ether oxygens (including phenoxy) is 1. The van der Waals surface area contributed by atoms with Crippen molar-refractivity contribution in [3.05, 3.63) is 0 Å². The highest BCUT2D eigenvalue weighted by molar-refractivity contribution is 5.78. The maximum absolute atomic E-state index is 11.8. The van der Waals surface area contributed by atoms with Gasteiger partial charge in [0.05, 0.1) is 0 Å². The van der Waals surface area contributed by atoms with Gasteiger partial charge in [-0.05, 0) is 32.6 Å². The highest BCUT2D eigenvalue weighted by Crippen LogP contribution is 2.38. The van der Waals surface area contributed by atoms with Gasteiger partial charge in [-0.15, -0.1) is 0 Å². The second-order valence-corrected chi connectivity index (χ2v) is 5.38. The van der Waals surface area contributed by atoms with E-state index in [2.05, 4.69) is 5.32 Å². The Balaban J connectivity index is 2.56. The lowest BCUT2D eigenvalue weighted by atomic mass is 9.88. The van der Waals surface area contributed by atoms with Crippen molar-refractivity contribution >= 4 is 12.0 Å². The molecule has 0 aromatic carbocycles. The Kier molecular flexibility index (Phi) is 4.37. The molecule has 1 saturated carbocycles. The molecule has 0 aromatic heterocycles. The first kappa shape index (κ1) is 13.8. The fourth-order valence-electron chi connectivity index (χ4n) is 2.15. The molecule has 5 nitrogen and oxygen atoms in total. The highest BCUT2D eigenvalue weighted by Gasteiger charge is 2.34. The van der Waals surface area contributed by atoms with Crippen LogP contribution in [0.4, 0.5) is 4.79 Å². The topological polar surface area (TPSA) is 81.4 Å². The highest BCUT2D eigenvalue weighted by atomic mass is 16.6. The van der Waals surface area contributed by atoms with Gasteiger partial charge in [0.1, 0.15) is 5.60 Å². The van der Waals surface area contributed by atoms with Gasteiger partial charge in [-0.25, -0.2) is 4.79 Å². The molecule has 0 radical (unpaired) electrons. The van der Waals surface area contributed by atoms with E-state index < -0.39 is 11.7 Å². The molecule has 0 bridgehead atoms. The van der Waals surface area contributed by atoms with Gasteiger partial charge in [0.15, 0.2) is 0 Å². The Hall–Kier alpha value is -1.26. The SMILES string of the molecule is CNC(=O)C(CC1CC1)CC(C)(C)OC(N)=O. The summed E-state index contributed by atoms with van der Waals surface area (Å²) in [4.78, 5) is 22.5. The third kappa shape index (κ3) is 5.06. The molecule has 5 heteroatoms. The molecule has 1 aliphatic carbocycles. The van der Waals surface area contributed by atoms with Crippen molar-refractivity contribution < 1.29 is 14.3 Å². The maximum atomic E-state index is 11.8. The van der Waals surface area contributed by atoms with Crippen molar-refractivity contribution in [2.75, 3.05) is 7.05 Å². The van der Waals surface area contributed by atoms with Crippen molar-refractivity contribution in [1.29, 1.82) is 0 Å². The lowest BCUT2D eigenvalue weighted by Gasteiger charge is -2.28. The first-order valence-corrected chi connectivity index (χ1v) is 6.04. The van der Waals surface area contributed by atoms with Crippen LogP contribution in [0.25, 0.3) is 0 Å². The van der Waals surface area contributed by atoms with Crippen LogP contribution in [0.2, 0.25) is 0 Å². The van der Waals surface area contributed by atoms with Gasteiger partial charge < -0.3 is 15.8 Å². The Labute approximate surface area is 102 Å². The van der Waals surface area contributed by atoms with Crippen LogP contribution in [0.15, 0.2) is 0 Å². The summed E-state index contributed by atoms with van der Waals surface area (Å²) in [7, 11) is 1.63. The molecule has 1 unspecified atom stereocenters. The monoisotopic (exact) mass is 242 g/mol. The predicted octanol–water partition coefficient (Wildman–Crippen LogP) is 1.41. The fraction of sp³-hybridized carbons (Fsp3) is 0.833. The van der Waals surface area contributed by atoms with E-state index in [1.807, 2.05) is 0 Å². The molecule has 17 heavy (non-hydrogen) atoms. The van der Waals surface area contributed by atoms with Gasteiger partial charge in [0.2, 0.25) is 5.91 Å². The summed E-state index contributed by atoms with van der Waals surface area (Å²) in [5.74, 6) is 0.557. The molecular weight excluding hydrogens is 220 g/mol. The Bertz CT molecular complexity index is 298. The number of amides is 2. The number of hydrogen-bond donors (Lipinski definition) is 2. The summed E-state index contributed by atoms with van der Waals surface area (Å²) in [6, 6.07) is 0. The minimum absolute atomic E-state index is 0.0121. The number of nitrogens with two attached hydrogens (primary N) is 1. The molecule has 1 aliphatic rings. The minimum Gasteiger partial charge on any atom is -0.444 e. The van der Waals surface area contributed by atoms with E-state index in [-0.39, 0.29) is 11.8 Å². The number of nitrogens with one attached hydrogen (secondary N) is 1. The van der Waals surface area contributed by atoms with Gasteiger partial charge in [-0.3, -0.25) is 4.79 Å². The molecule has 0 saturated heterocycles. The van der Waals surface area contributed by atoms with Gasteiger partial charge in [-0.2, -0.15) is 0 Å². The van der Waals surface area contributed by atoms with E-state index >= 15 is 0 Å². The van der Waals surface area contributed by atoms with Crippen molar-refractivity contribution in [3.63, 3.8) is 0 Å². The standard InChI is InChI=1S/C12H22N2O3/c1-12(2,17-11(13)16)7-9(10(15)14-3)6-8-4-5-8/h8-9H,4-7H2,1-3H3,(H2,13,16)(H,14,15). The van der Waals surface area contributed by atoms with E-state index in [9.17, 15) is 9.59 Å². The van der Waals surface area contributed by atoms with Crippen LogP contribution in [0.5, 0.6) is 0 Å². The van der Waals surface area contributed by atoms with Crippen molar-refractivity contribution in [2.24, 2.45) is 17.6 Å². The minimum atomic E-state index is -0.794. The number of rotatable bonds is 6. The molecule has 0 heterocycles. The Morgan fingerprint density at radius 1 is 1.47 bits per heavy atom. The van der Waals surface area contributed by atoms with Gasteiger partial charge in [0.25, 0.3) is 0 Å². The van der Waals surface area contributed by atoms with Gasteiger partial charge in [-0.1, -0.05) is 12.8 Å². The lowest BCUT2D eigenvalue weighted by molar-refractivity contribution is -0.126. The van der Waals surface area contributed by atoms with Gasteiger partial charge >= 0.3 is 6.09 Å². The number of carbonyl (C=O) groups excluding carboxylic acids is 2. The molecule has 3 N–H and O–H groups in total. The molecule has 1 rings (SSSR count). The molecule has 0 aromatic rings. The van der Waals surface area contributed by atoms with Crippen molar-refractivity contribution in [2.45, 2.75) is 45.1 Å². The zero-order valence-electron chi connectivity index (χ0n) is 10.8. The summed E-state index contributed by atoms with van der Waals surface area (Å²) in [6.07, 6.45) is 2.98. The first-order valence-electron chi connectivity index (χ1n) is 6.04. The average Bonchev–Trinajstić information content (AvgIpc) is 2.96. The van der Waals surface area contributed by atoms with Gasteiger partial charge in [0, 0.05) is 13.0 Å². The quantitative estimate of drug-likeness (QED) is 0.739. The van der Waals surface area contributed by atoms with Crippen LogP contribution in [0.3, 0.4) is 0 Å². The maximum Gasteiger partial charge on any atom is 0.405 e. The summed E-state index contributed by atoms with van der Waals surface area (Å²) < 4.78 is 5.02. The Morgan fingerprint density at radius 2 is 2.06 bits per heavy atom. The van der Waals surface area contributed by atoms with E-state index in [1.54, 1.807) is 20.9 Å². The van der Waals surface area contributed by atoms with Crippen LogP contribution in [-0.4, -0.2) is 24.6 Å². The number of carbonyl (C=O) groups is 2. The number of hydrogen-bond acceptors (Lipinski definition) is 3. The fourth-order valence-corrected chi connectivity index (χ4v) is 2.15. The molecule has 0 aliphatic heterocycles. The van der Waals surface area contributed by atoms with Crippen molar-refractivity contribution in [3.8, 4) is 0 Å². The third-order valence-corrected chi connectivity index (χ3v) is 3.05. The van der Waals surface area contributed by atoms with E-state index in [0.717, 1.165) is 6.42 Å².